The summed E-state index contributed by atoms with van der Waals surface area (Å²) in [5.74, 6) is 0.0981. The van der Waals surface area contributed by atoms with Gasteiger partial charge in [0.15, 0.2) is 0 Å². The number of amides is 3. The number of urea groups is 1. The predicted molar refractivity (Wildman–Crippen MR) is 73.8 cm³/mol. The Labute approximate surface area is 117 Å². The molecule has 0 aromatic carbocycles. The summed E-state index contributed by atoms with van der Waals surface area (Å²) in [6.45, 7) is 1.76. The van der Waals surface area contributed by atoms with Gasteiger partial charge in [0.1, 0.15) is 5.69 Å². The predicted octanol–water partition coefficient (Wildman–Crippen LogP) is -0.477. The Morgan fingerprint density at radius 2 is 2.30 bits per heavy atom. The van der Waals surface area contributed by atoms with E-state index in [0.717, 1.165) is 12.8 Å². The molecule has 0 bridgehead atoms. The number of likely N-dealkylation sites (tertiary alicyclic amines) is 1. The van der Waals surface area contributed by atoms with Crippen LogP contribution in [0.15, 0.2) is 6.20 Å². The van der Waals surface area contributed by atoms with Gasteiger partial charge in [-0.05, 0) is 18.8 Å². The number of primary amides is 1. The van der Waals surface area contributed by atoms with Crippen LogP contribution in [0.2, 0.25) is 0 Å². The van der Waals surface area contributed by atoms with E-state index in [4.69, 9.17) is 11.5 Å². The van der Waals surface area contributed by atoms with Gasteiger partial charge < -0.3 is 21.7 Å². The molecule has 1 saturated heterocycles. The van der Waals surface area contributed by atoms with Crippen molar-refractivity contribution in [1.82, 2.24) is 20.0 Å². The zero-order valence-corrected chi connectivity index (χ0v) is 11.5. The molecule has 110 valence electrons. The average Bonchev–Trinajstić information content (AvgIpc) is 2.75. The van der Waals surface area contributed by atoms with Crippen molar-refractivity contribution < 1.29 is 9.59 Å². The highest BCUT2D eigenvalue weighted by atomic mass is 16.2. The van der Waals surface area contributed by atoms with Crippen molar-refractivity contribution in [3.05, 3.63) is 11.9 Å². The summed E-state index contributed by atoms with van der Waals surface area (Å²) in [4.78, 5) is 24.9. The maximum Gasteiger partial charge on any atom is 0.312 e. The standard InChI is InChI=1S/C12H20N6O2/c1-17-10(9(13)6-16-17)11(19)18-4-2-3-8(7-18)5-15-12(14)20/h6,8H,2-5,7,13H2,1H3,(H3,14,15,20). The molecule has 0 spiro atoms. The van der Waals surface area contributed by atoms with Crippen LogP contribution in [-0.2, 0) is 7.05 Å². The van der Waals surface area contributed by atoms with Crippen molar-refractivity contribution in [2.75, 3.05) is 25.4 Å². The average molecular weight is 280 g/mol. The molecule has 1 aromatic heterocycles. The van der Waals surface area contributed by atoms with Crippen LogP contribution in [0.3, 0.4) is 0 Å². The molecule has 5 N–H and O–H groups in total. The van der Waals surface area contributed by atoms with Gasteiger partial charge in [-0.25, -0.2) is 4.79 Å². The fourth-order valence-electron chi connectivity index (χ4n) is 2.53. The molecule has 1 aromatic rings. The monoisotopic (exact) mass is 280 g/mol. The molecule has 2 heterocycles. The Morgan fingerprint density at radius 1 is 1.55 bits per heavy atom. The topological polar surface area (TPSA) is 119 Å². The largest absolute Gasteiger partial charge is 0.396 e. The number of anilines is 1. The van der Waals surface area contributed by atoms with E-state index in [1.807, 2.05) is 0 Å². The summed E-state index contributed by atoms with van der Waals surface area (Å²) in [5.41, 5.74) is 11.6. The normalized spacial score (nSPS) is 18.9. The maximum absolute atomic E-state index is 12.5. The smallest absolute Gasteiger partial charge is 0.312 e. The SMILES string of the molecule is Cn1ncc(N)c1C(=O)N1CCCC(CNC(N)=O)C1. The number of hydrogen-bond donors (Lipinski definition) is 3. The first kappa shape index (κ1) is 14.2. The fourth-order valence-corrected chi connectivity index (χ4v) is 2.53. The summed E-state index contributed by atoms with van der Waals surface area (Å²) in [5, 5.41) is 6.57. The molecule has 0 aliphatic carbocycles. The van der Waals surface area contributed by atoms with Gasteiger partial charge in [0.2, 0.25) is 0 Å². The summed E-state index contributed by atoms with van der Waals surface area (Å²) in [6, 6.07) is -0.538. The molecule has 1 atom stereocenters. The van der Waals surface area contributed by atoms with Crippen molar-refractivity contribution in [2.45, 2.75) is 12.8 Å². The van der Waals surface area contributed by atoms with Crippen LogP contribution < -0.4 is 16.8 Å². The third-order valence-electron chi connectivity index (χ3n) is 3.54. The lowest BCUT2D eigenvalue weighted by Crippen LogP contribution is -2.45. The first-order valence-electron chi connectivity index (χ1n) is 6.59. The molecule has 0 saturated carbocycles. The Bertz CT molecular complexity index is 493. The molecular weight excluding hydrogens is 260 g/mol. The number of carbonyl (C=O) groups is 2. The highest BCUT2D eigenvalue weighted by Gasteiger charge is 2.27. The van der Waals surface area contributed by atoms with Gasteiger partial charge in [0.05, 0.1) is 11.9 Å². The van der Waals surface area contributed by atoms with E-state index in [-0.39, 0.29) is 11.8 Å². The van der Waals surface area contributed by atoms with Gasteiger partial charge in [-0.15, -0.1) is 0 Å². The van der Waals surface area contributed by atoms with E-state index in [2.05, 4.69) is 10.4 Å². The van der Waals surface area contributed by atoms with Crippen molar-refractivity contribution in [2.24, 2.45) is 18.7 Å². The number of nitrogens with zero attached hydrogens (tertiary/aromatic N) is 3. The molecule has 20 heavy (non-hydrogen) atoms. The third-order valence-corrected chi connectivity index (χ3v) is 3.54. The van der Waals surface area contributed by atoms with Gasteiger partial charge in [-0.3, -0.25) is 9.48 Å². The van der Waals surface area contributed by atoms with Crippen LogP contribution >= 0.6 is 0 Å². The first-order chi connectivity index (χ1) is 9.49. The Balaban J connectivity index is 2.02. The molecule has 8 nitrogen and oxygen atoms in total. The van der Waals surface area contributed by atoms with E-state index in [1.165, 1.54) is 10.9 Å². The summed E-state index contributed by atoms with van der Waals surface area (Å²) in [6.07, 6.45) is 3.34. The quantitative estimate of drug-likeness (QED) is 0.692. The minimum atomic E-state index is -0.538. The molecule has 8 heteroatoms. The van der Waals surface area contributed by atoms with Crippen LogP contribution in [0.4, 0.5) is 10.5 Å². The zero-order valence-electron chi connectivity index (χ0n) is 11.5. The molecule has 1 aliphatic rings. The summed E-state index contributed by atoms with van der Waals surface area (Å²) in [7, 11) is 1.69. The van der Waals surface area contributed by atoms with E-state index in [0.29, 0.717) is 31.0 Å². The third kappa shape index (κ3) is 3.01. The molecule has 0 radical (unpaired) electrons. The van der Waals surface area contributed by atoms with Gasteiger partial charge in [0.25, 0.3) is 5.91 Å². The van der Waals surface area contributed by atoms with Gasteiger partial charge in [0, 0.05) is 26.7 Å². The number of nitrogens with one attached hydrogen (secondary N) is 1. The minimum Gasteiger partial charge on any atom is -0.396 e. The molecule has 2 rings (SSSR count). The second kappa shape index (κ2) is 5.81. The van der Waals surface area contributed by atoms with Crippen molar-refractivity contribution in [1.29, 1.82) is 0 Å². The van der Waals surface area contributed by atoms with Crippen molar-refractivity contribution in [3.63, 3.8) is 0 Å². The highest BCUT2D eigenvalue weighted by molar-refractivity contribution is 5.97. The number of nitrogens with two attached hydrogens (primary N) is 2. The van der Waals surface area contributed by atoms with Crippen LogP contribution in [0, 0.1) is 5.92 Å². The molecular formula is C12H20N6O2. The van der Waals surface area contributed by atoms with Crippen molar-refractivity contribution in [3.8, 4) is 0 Å². The summed E-state index contributed by atoms with van der Waals surface area (Å²) < 4.78 is 1.49. The Kier molecular flexibility index (Phi) is 4.11. The number of rotatable bonds is 3. The lowest BCUT2D eigenvalue weighted by atomic mass is 9.97. The molecule has 1 fully saturated rings. The number of aromatic nitrogens is 2. The van der Waals surface area contributed by atoms with Gasteiger partial charge >= 0.3 is 6.03 Å². The van der Waals surface area contributed by atoms with E-state index >= 15 is 0 Å². The van der Waals surface area contributed by atoms with Crippen LogP contribution in [0.5, 0.6) is 0 Å². The van der Waals surface area contributed by atoms with Gasteiger partial charge in [-0.2, -0.15) is 5.10 Å². The number of nitrogen functional groups attached to an aromatic ring is 1. The van der Waals surface area contributed by atoms with Crippen LogP contribution in [0.25, 0.3) is 0 Å². The second-order valence-corrected chi connectivity index (χ2v) is 5.08. The lowest BCUT2D eigenvalue weighted by Gasteiger charge is -2.32. The molecule has 3 amide bonds. The number of carbonyl (C=O) groups excluding carboxylic acids is 2. The number of hydrogen-bond acceptors (Lipinski definition) is 4. The highest BCUT2D eigenvalue weighted by Crippen LogP contribution is 2.20. The van der Waals surface area contributed by atoms with E-state index in [9.17, 15) is 9.59 Å². The van der Waals surface area contributed by atoms with Crippen LogP contribution in [-0.4, -0.2) is 46.3 Å². The Hall–Kier alpha value is -2.25. The Morgan fingerprint density at radius 3 is 2.90 bits per heavy atom. The minimum absolute atomic E-state index is 0.119. The maximum atomic E-state index is 12.5. The summed E-state index contributed by atoms with van der Waals surface area (Å²) >= 11 is 0. The fraction of sp³-hybridized carbons (Fsp3) is 0.583. The molecule has 1 unspecified atom stereocenters. The van der Waals surface area contributed by atoms with Gasteiger partial charge in [-0.1, -0.05) is 0 Å². The van der Waals surface area contributed by atoms with Crippen molar-refractivity contribution >= 4 is 17.6 Å². The van der Waals surface area contributed by atoms with E-state index < -0.39 is 6.03 Å². The number of piperidine rings is 1. The van der Waals surface area contributed by atoms with E-state index in [1.54, 1.807) is 11.9 Å². The molecule has 1 aliphatic heterocycles. The second-order valence-electron chi connectivity index (χ2n) is 5.08. The first-order valence-corrected chi connectivity index (χ1v) is 6.59. The zero-order chi connectivity index (χ0) is 14.7. The van der Waals surface area contributed by atoms with Crippen LogP contribution in [0.1, 0.15) is 23.3 Å². The lowest BCUT2D eigenvalue weighted by molar-refractivity contribution is 0.0665. The number of aryl methyl sites for hydroxylation is 1.